The minimum atomic E-state index is -0.612. The summed E-state index contributed by atoms with van der Waals surface area (Å²) in [4.78, 5) is 22.2. The molecule has 1 rings (SSSR count). The predicted octanol–water partition coefficient (Wildman–Crippen LogP) is 4.62. The number of unbranched alkanes of at least 4 members (excludes halogenated alkanes) is 1. The van der Waals surface area contributed by atoms with Crippen LogP contribution in [-0.4, -0.2) is 17.5 Å². The molecule has 116 valence electrons. The fraction of sp³-hybridized carbons (Fsp3) is 0.533. The van der Waals surface area contributed by atoms with Gasteiger partial charge in [0.1, 0.15) is 0 Å². The minimum Gasteiger partial charge on any atom is -0.462 e. The molecular formula is C15H20ClNO4. The second-order valence-corrected chi connectivity index (χ2v) is 5.34. The number of halogens is 1. The summed E-state index contributed by atoms with van der Waals surface area (Å²) in [5.41, 5.74) is -0.138. The van der Waals surface area contributed by atoms with E-state index in [1.165, 1.54) is 12.1 Å². The van der Waals surface area contributed by atoms with Crippen LogP contribution in [0.4, 0.5) is 5.69 Å². The molecule has 0 heterocycles. The molecule has 6 heteroatoms. The zero-order chi connectivity index (χ0) is 15.8. The first-order valence-electron chi connectivity index (χ1n) is 7.10. The maximum absolute atomic E-state index is 12.0. The summed E-state index contributed by atoms with van der Waals surface area (Å²) in [6.07, 6.45) is 4.12. The van der Waals surface area contributed by atoms with E-state index in [9.17, 15) is 14.9 Å². The number of ether oxygens (including phenoxy) is 1. The summed E-state index contributed by atoms with van der Waals surface area (Å²) in [5, 5.41) is 10.9. The molecule has 1 aromatic rings. The molecule has 21 heavy (non-hydrogen) atoms. The second-order valence-electron chi connectivity index (χ2n) is 4.94. The molecule has 0 saturated heterocycles. The lowest BCUT2D eigenvalue weighted by Crippen LogP contribution is -2.14. The van der Waals surface area contributed by atoms with Gasteiger partial charge in [-0.2, -0.15) is 0 Å². The van der Waals surface area contributed by atoms with Crippen LogP contribution in [0.15, 0.2) is 18.2 Å². The van der Waals surface area contributed by atoms with Gasteiger partial charge in [-0.3, -0.25) is 10.1 Å². The van der Waals surface area contributed by atoms with Gasteiger partial charge in [0.25, 0.3) is 5.69 Å². The Hall–Kier alpha value is -1.62. The summed E-state index contributed by atoms with van der Waals surface area (Å²) in [6.45, 7) is 4.48. The lowest BCUT2D eigenvalue weighted by atomic mass is 10.0. The molecule has 0 aliphatic carbocycles. The molecular weight excluding hydrogens is 294 g/mol. The Balaban J connectivity index is 2.70. The number of non-ortho nitro benzene ring substituents is 1. The van der Waals surface area contributed by atoms with Gasteiger partial charge in [-0.25, -0.2) is 4.79 Å². The highest BCUT2D eigenvalue weighted by Crippen LogP contribution is 2.23. The zero-order valence-electron chi connectivity index (χ0n) is 12.3. The van der Waals surface area contributed by atoms with Gasteiger partial charge in [0.2, 0.25) is 0 Å². The van der Waals surface area contributed by atoms with Gasteiger partial charge in [0.15, 0.2) is 0 Å². The van der Waals surface area contributed by atoms with Crippen LogP contribution in [0.3, 0.4) is 0 Å². The summed E-state index contributed by atoms with van der Waals surface area (Å²) >= 11 is 5.91. The van der Waals surface area contributed by atoms with Crippen molar-refractivity contribution in [2.75, 3.05) is 6.61 Å². The fourth-order valence-corrected chi connectivity index (χ4v) is 2.15. The number of hydrogen-bond donors (Lipinski definition) is 0. The van der Waals surface area contributed by atoms with E-state index in [0.717, 1.165) is 31.7 Å². The van der Waals surface area contributed by atoms with Crippen molar-refractivity contribution < 1.29 is 14.5 Å². The molecule has 0 fully saturated rings. The molecule has 1 atom stereocenters. The highest BCUT2D eigenvalue weighted by molar-refractivity contribution is 6.33. The first-order valence-corrected chi connectivity index (χ1v) is 7.48. The molecule has 0 aliphatic heterocycles. The van der Waals surface area contributed by atoms with Crippen molar-refractivity contribution >= 4 is 23.3 Å². The summed E-state index contributed by atoms with van der Waals surface area (Å²) in [7, 11) is 0. The van der Waals surface area contributed by atoms with Crippen molar-refractivity contribution in [3.05, 3.63) is 38.9 Å². The van der Waals surface area contributed by atoms with Gasteiger partial charge >= 0.3 is 5.97 Å². The number of rotatable bonds is 8. The average Bonchev–Trinajstić information content (AvgIpc) is 2.47. The highest BCUT2D eigenvalue weighted by Gasteiger charge is 2.18. The Morgan fingerprint density at radius 2 is 2.14 bits per heavy atom. The Labute approximate surface area is 129 Å². The number of benzene rings is 1. The first-order chi connectivity index (χ1) is 9.99. The van der Waals surface area contributed by atoms with Crippen molar-refractivity contribution in [1.29, 1.82) is 0 Å². The molecule has 0 aliphatic rings. The van der Waals surface area contributed by atoms with Crippen molar-refractivity contribution in [2.24, 2.45) is 5.92 Å². The van der Waals surface area contributed by atoms with Crippen LogP contribution >= 0.6 is 11.6 Å². The third-order valence-corrected chi connectivity index (χ3v) is 3.70. The van der Waals surface area contributed by atoms with Crippen LogP contribution in [-0.2, 0) is 4.74 Å². The monoisotopic (exact) mass is 313 g/mol. The molecule has 0 amide bonds. The van der Waals surface area contributed by atoms with Crippen LogP contribution in [0.1, 0.15) is 49.9 Å². The van der Waals surface area contributed by atoms with Gasteiger partial charge in [-0.1, -0.05) is 44.7 Å². The summed E-state index contributed by atoms with van der Waals surface area (Å²) in [5.74, 6) is -0.301. The molecule has 0 bridgehead atoms. The topological polar surface area (TPSA) is 69.4 Å². The Morgan fingerprint density at radius 3 is 2.71 bits per heavy atom. The molecule has 0 N–H and O–H groups in total. The van der Waals surface area contributed by atoms with E-state index in [1.807, 2.05) is 0 Å². The third kappa shape index (κ3) is 5.34. The van der Waals surface area contributed by atoms with E-state index in [2.05, 4.69) is 13.8 Å². The van der Waals surface area contributed by atoms with Crippen molar-refractivity contribution in [1.82, 2.24) is 0 Å². The van der Waals surface area contributed by atoms with Gasteiger partial charge < -0.3 is 4.74 Å². The van der Waals surface area contributed by atoms with Crippen molar-refractivity contribution in [3.63, 3.8) is 0 Å². The number of nitrogens with zero attached hydrogens (tertiary/aromatic N) is 1. The van der Waals surface area contributed by atoms with Crippen LogP contribution < -0.4 is 0 Å². The maximum Gasteiger partial charge on any atom is 0.339 e. The third-order valence-electron chi connectivity index (χ3n) is 3.37. The van der Waals surface area contributed by atoms with E-state index >= 15 is 0 Å². The van der Waals surface area contributed by atoms with Gasteiger partial charge in [-0.05, 0) is 18.4 Å². The van der Waals surface area contributed by atoms with Crippen LogP contribution in [0, 0.1) is 16.0 Å². The van der Waals surface area contributed by atoms with E-state index in [4.69, 9.17) is 16.3 Å². The molecule has 5 nitrogen and oxygen atoms in total. The zero-order valence-corrected chi connectivity index (χ0v) is 13.1. The second kappa shape index (κ2) is 8.62. The van der Waals surface area contributed by atoms with E-state index in [1.54, 1.807) is 0 Å². The molecule has 0 radical (unpaired) electrons. The standard InChI is InChI=1S/C15H20ClNO4/c1-3-5-6-11(4-2)10-21-15(18)13-9-12(17(19)20)7-8-14(13)16/h7-9,11H,3-6,10H2,1-2H3. The molecule has 0 aromatic heterocycles. The fourth-order valence-electron chi connectivity index (χ4n) is 1.95. The highest BCUT2D eigenvalue weighted by atomic mass is 35.5. The number of nitro groups is 1. The normalized spacial score (nSPS) is 12.0. The molecule has 0 saturated carbocycles. The van der Waals surface area contributed by atoms with Crippen molar-refractivity contribution in [3.8, 4) is 0 Å². The predicted molar refractivity (Wildman–Crippen MR) is 81.7 cm³/mol. The van der Waals surface area contributed by atoms with Crippen LogP contribution in [0.5, 0.6) is 0 Å². The van der Waals surface area contributed by atoms with Gasteiger partial charge in [0, 0.05) is 12.1 Å². The number of hydrogen-bond acceptors (Lipinski definition) is 4. The summed E-state index contributed by atoms with van der Waals surface area (Å²) in [6, 6.07) is 3.75. The smallest absolute Gasteiger partial charge is 0.339 e. The minimum absolute atomic E-state index is 0.0382. The van der Waals surface area contributed by atoms with Gasteiger partial charge in [0.05, 0.1) is 22.1 Å². The largest absolute Gasteiger partial charge is 0.462 e. The Kier molecular flexibility index (Phi) is 7.15. The summed E-state index contributed by atoms with van der Waals surface area (Å²) < 4.78 is 5.25. The molecule has 1 aromatic carbocycles. The van der Waals surface area contributed by atoms with E-state index in [-0.39, 0.29) is 16.3 Å². The molecule has 0 spiro atoms. The number of carbonyl (C=O) groups excluding carboxylic acids is 1. The SMILES string of the molecule is CCCCC(CC)COC(=O)c1cc([N+](=O)[O-])ccc1Cl. The lowest BCUT2D eigenvalue weighted by Gasteiger charge is -2.14. The van der Waals surface area contributed by atoms with Crippen LogP contribution in [0.2, 0.25) is 5.02 Å². The maximum atomic E-state index is 12.0. The average molecular weight is 314 g/mol. The Morgan fingerprint density at radius 1 is 1.43 bits per heavy atom. The van der Waals surface area contributed by atoms with E-state index in [0.29, 0.717) is 12.5 Å². The number of nitro benzene ring substituents is 1. The van der Waals surface area contributed by atoms with Crippen LogP contribution in [0.25, 0.3) is 0 Å². The lowest BCUT2D eigenvalue weighted by molar-refractivity contribution is -0.384. The molecule has 1 unspecified atom stereocenters. The number of esters is 1. The van der Waals surface area contributed by atoms with Gasteiger partial charge in [-0.15, -0.1) is 0 Å². The number of carbonyl (C=O) groups is 1. The van der Waals surface area contributed by atoms with Crippen molar-refractivity contribution in [2.45, 2.75) is 39.5 Å². The van der Waals surface area contributed by atoms with E-state index < -0.39 is 10.9 Å². The Bertz CT molecular complexity index is 504. The first kappa shape index (κ1) is 17.4. The quantitative estimate of drug-likeness (QED) is 0.399.